The second-order valence-corrected chi connectivity index (χ2v) is 16.3. The molecule has 2 fully saturated rings. The standard InChI is InChI=1S/C29H26N4O4S5/c1-31-25(40-39-2)24(34)32-26-28(17-29(32,41-38)27(31)35,21-16-30-22-14-8-6-12-19(21)22)20-13-7-9-15-23(20)33(26)42(36,37)18-10-4-3-5-11-18/h3-16,25-26,30,38H,17H2,1-2H3/t25-,26-,28+,29-/m0/s1. The van der Waals surface area contributed by atoms with E-state index in [1.54, 1.807) is 49.5 Å². The van der Waals surface area contributed by atoms with Gasteiger partial charge in [0.1, 0.15) is 6.17 Å². The van der Waals surface area contributed by atoms with E-state index in [0.717, 1.165) is 32.8 Å². The van der Waals surface area contributed by atoms with Crippen LogP contribution in [0.1, 0.15) is 17.5 Å². The Morgan fingerprint density at radius 3 is 2.38 bits per heavy atom. The van der Waals surface area contributed by atoms with Gasteiger partial charge in [0.25, 0.3) is 21.8 Å². The number of nitrogens with zero attached hydrogens (tertiary/aromatic N) is 3. The van der Waals surface area contributed by atoms with E-state index >= 15 is 0 Å². The number of H-pyrrole nitrogens is 1. The Labute approximate surface area is 260 Å². The minimum Gasteiger partial charge on any atom is -0.361 e. The van der Waals surface area contributed by atoms with Crippen molar-refractivity contribution >= 4 is 82.5 Å². The summed E-state index contributed by atoms with van der Waals surface area (Å²) in [7, 11) is 1.10. The van der Waals surface area contributed by atoms with E-state index in [4.69, 9.17) is 0 Å². The van der Waals surface area contributed by atoms with Gasteiger partial charge in [-0.15, -0.1) is 11.7 Å². The maximum absolute atomic E-state index is 14.7. The van der Waals surface area contributed by atoms with Crippen LogP contribution in [0.4, 0.5) is 5.69 Å². The van der Waals surface area contributed by atoms with E-state index < -0.39 is 31.8 Å². The Kier molecular flexibility index (Phi) is 6.63. The van der Waals surface area contributed by atoms with Gasteiger partial charge in [-0.25, -0.2) is 12.7 Å². The van der Waals surface area contributed by atoms with Crippen LogP contribution in [-0.4, -0.2) is 64.7 Å². The lowest BCUT2D eigenvalue weighted by Gasteiger charge is -2.49. The van der Waals surface area contributed by atoms with Gasteiger partial charge in [-0.2, -0.15) is 0 Å². The molecule has 4 aromatic rings. The number of aromatic amines is 1. The number of rotatable bonds is 6. The van der Waals surface area contributed by atoms with Gasteiger partial charge >= 0.3 is 0 Å². The summed E-state index contributed by atoms with van der Waals surface area (Å²) in [6, 6.07) is 23.5. The molecule has 216 valence electrons. The van der Waals surface area contributed by atoms with E-state index in [-0.39, 0.29) is 23.1 Å². The van der Waals surface area contributed by atoms with E-state index in [1.165, 1.54) is 35.7 Å². The van der Waals surface area contributed by atoms with Crippen LogP contribution in [0.2, 0.25) is 0 Å². The molecule has 0 aliphatic carbocycles. The van der Waals surface area contributed by atoms with Crippen molar-refractivity contribution in [3.05, 3.63) is 96.2 Å². The van der Waals surface area contributed by atoms with Crippen molar-refractivity contribution < 1.29 is 18.0 Å². The molecule has 0 unspecified atom stereocenters. The average molecular weight is 655 g/mol. The summed E-state index contributed by atoms with van der Waals surface area (Å²) in [5, 5.41) is 0.0728. The third-order valence-corrected chi connectivity index (χ3v) is 14.1. The van der Waals surface area contributed by atoms with Crippen LogP contribution in [-0.2, 0) is 25.0 Å². The van der Waals surface area contributed by atoms with Crippen LogP contribution in [0.25, 0.3) is 10.9 Å². The molecule has 2 amide bonds. The first-order valence-corrected chi connectivity index (χ1v) is 19.0. The van der Waals surface area contributed by atoms with Crippen molar-refractivity contribution in [1.29, 1.82) is 0 Å². The fourth-order valence-corrected chi connectivity index (χ4v) is 11.9. The third kappa shape index (κ3) is 3.51. The molecule has 0 radical (unpaired) electrons. The maximum atomic E-state index is 14.7. The maximum Gasteiger partial charge on any atom is 0.266 e. The summed E-state index contributed by atoms with van der Waals surface area (Å²) in [5.41, 5.74) is 1.86. The van der Waals surface area contributed by atoms with Gasteiger partial charge in [0.2, 0.25) is 0 Å². The molecule has 1 aromatic heterocycles. The first-order chi connectivity index (χ1) is 20.2. The topological polar surface area (TPSA) is 93.8 Å². The molecule has 42 heavy (non-hydrogen) atoms. The number of hydrogen-bond acceptors (Lipinski definition) is 8. The van der Waals surface area contributed by atoms with Crippen molar-refractivity contribution in [1.82, 2.24) is 14.8 Å². The minimum absolute atomic E-state index is 0.105. The number of carbonyl (C=O) groups is 2. The second-order valence-electron chi connectivity index (χ2n) is 10.5. The molecule has 0 saturated carbocycles. The number of aromatic nitrogens is 1. The number of amides is 2. The molecule has 3 aliphatic heterocycles. The number of piperazine rings is 1. The lowest BCUT2D eigenvalue weighted by atomic mass is 9.72. The smallest absolute Gasteiger partial charge is 0.266 e. The van der Waals surface area contributed by atoms with E-state index in [2.05, 4.69) is 16.6 Å². The fourth-order valence-electron chi connectivity index (χ4n) is 6.93. The molecule has 0 bridgehead atoms. The summed E-state index contributed by atoms with van der Waals surface area (Å²) in [4.78, 5) is 34.0. The van der Waals surface area contributed by atoms with Crippen molar-refractivity contribution in [3.8, 4) is 0 Å². The van der Waals surface area contributed by atoms with Gasteiger partial charge < -0.3 is 9.88 Å². The van der Waals surface area contributed by atoms with Gasteiger partial charge in [0.15, 0.2) is 10.2 Å². The summed E-state index contributed by atoms with van der Waals surface area (Å²) >= 11 is 4.63. The molecular formula is C29H26N4O4S5. The molecule has 0 spiro atoms. The average Bonchev–Trinajstić information content (AvgIpc) is 3.66. The number of para-hydroxylation sites is 2. The number of hydrogen-bond donors (Lipinski definition) is 2. The highest BCUT2D eigenvalue weighted by molar-refractivity contribution is 8.76. The zero-order valence-corrected chi connectivity index (χ0v) is 26.7. The monoisotopic (exact) mass is 654 g/mol. The van der Waals surface area contributed by atoms with Crippen LogP contribution in [0.15, 0.2) is 90.0 Å². The van der Waals surface area contributed by atoms with Crippen LogP contribution in [0.3, 0.4) is 0 Å². The Bertz CT molecular complexity index is 1850. The van der Waals surface area contributed by atoms with Crippen LogP contribution in [0, 0.1) is 0 Å². The molecule has 7 rings (SSSR count). The molecule has 8 nitrogen and oxygen atoms in total. The van der Waals surface area contributed by atoms with E-state index in [0.29, 0.717) is 5.69 Å². The summed E-state index contributed by atoms with van der Waals surface area (Å²) in [6.07, 6.45) is 2.83. The Morgan fingerprint density at radius 2 is 1.64 bits per heavy atom. The third-order valence-electron chi connectivity index (χ3n) is 8.60. The van der Waals surface area contributed by atoms with Crippen LogP contribution >= 0.6 is 44.0 Å². The summed E-state index contributed by atoms with van der Waals surface area (Å²) in [5.74, 6) is -0.609. The predicted molar refractivity (Wildman–Crippen MR) is 174 cm³/mol. The first-order valence-electron chi connectivity index (χ1n) is 13.1. The molecule has 4 heterocycles. The van der Waals surface area contributed by atoms with Gasteiger partial charge in [0.05, 0.1) is 16.0 Å². The highest BCUT2D eigenvalue weighted by Gasteiger charge is 2.75. The predicted octanol–water partition coefficient (Wildman–Crippen LogP) is 5.30. The second kappa shape index (κ2) is 9.91. The van der Waals surface area contributed by atoms with Gasteiger partial charge in [-0.05, 0) is 41.6 Å². The molecule has 1 N–H and O–H groups in total. The number of fused-ring (bicyclic) bond motifs is 6. The highest BCUT2D eigenvalue weighted by atomic mass is 33.1. The lowest BCUT2D eigenvalue weighted by Crippen LogP contribution is -2.69. The quantitative estimate of drug-likeness (QED) is 0.215. The fraction of sp³-hybridized carbons (Fsp3) is 0.241. The SMILES string of the molecule is CSS[C@H]1C(=O)N2[C@H]3N(S(=O)(=O)c4ccccc4)c4ccccc4[C@@]3(c3c[nH]c4ccccc34)C[C@]2(SS)C(=O)N1C. The molecule has 4 atom stereocenters. The van der Waals surface area contributed by atoms with E-state index in [9.17, 15) is 18.0 Å². The Hall–Kier alpha value is -2.71. The van der Waals surface area contributed by atoms with Gasteiger partial charge in [0, 0.05) is 30.6 Å². The largest absolute Gasteiger partial charge is 0.361 e. The normalized spacial score (nSPS) is 27.0. The van der Waals surface area contributed by atoms with Crippen molar-refractivity contribution in [3.63, 3.8) is 0 Å². The van der Waals surface area contributed by atoms with Crippen LogP contribution < -0.4 is 4.31 Å². The number of benzene rings is 3. The zero-order chi connectivity index (χ0) is 29.4. The lowest BCUT2D eigenvalue weighted by molar-refractivity contribution is -0.157. The number of likely N-dealkylation sites (N-methyl/N-ethyl adjacent to an activating group) is 1. The molecule has 3 aliphatic rings. The molecule has 13 heteroatoms. The van der Waals surface area contributed by atoms with Crippen LogP contribution in [0.5, 0.6) is 0 Å². The Balaban J connectivity index is 1.59. The molecular weight excluding hydrogens is 629 g/mol. The molecule has 3 aromatic carbocycles. The minimum atomic E-state index is -4.20. The number of nitrogens with one attached hydrogen (secondary N) is 1. The number of carbonyl (C=O) groups excluding carboxylic acids is 2. The zero-order valence-electron chi connectivity index (χ0n) is 22.5. The summed E-state index contributed by atoms with van der Waals surface area (Å²) in [6.45, 7) is 0. The number of thiol groups is 1. The number of anilines is 1. The van der Waals surface area contributed by atoms with Crippen molar-refractivity contribution in [2.45, 2.75) is 33.1 Å². The van der Waals surface area contributed by atoms with Gasteiger partial charge in [-0.3, -0.25) is 14.5 Å². The highest BCUT2D eigenvalue weighted by Crippen LogP contribution is 2.66. The van der Waals surface area contributed by atoms with Crippen molar-refractivity contribution in [2.75, 3.05) is 17.6 Å². The molecule has 2 saturated heterocycles. The van der Waals surface area contributed by atoms with Gasteiger partial charge in [-0.1, -0.05) is 87.0 Å². The van der Waals surface area contributed by atoms with E-state index in [1.807, 2.05) is 48.9 Å². The first kappa shape index (κ1) is 28.1. The van der Waals surface area contributed by atoms with Crippen molar-refractivity contribution in [2.24, 2.45) is 0 Å². The number of sulfonamides is 1. The Morgan fingerprint density at radius 1 is 0.952 bits per heavy atom. The summed E-state index contributed by atoms with van der Waals surface area (Å²) < 4.78 is 30.8.